The van der Waals surface area contributed by atoms with E-state index in [1.54, 1.807) is 0 Å². The van der Waals surface area contributed by atoms with Gasteiger partial charge in [-0.1, -0.05) is 12.1 Å². The summed E-state index contributed by atoms with van der Waals surface area (Å²) in [5, 5.41) is 11.3. The van der Waals surface area contributed by atoms with Crippen LogP contribution in [0.3, 0.4) is 0 Å². The van der Waals surface area contributed by atoms with Crippen molar-refractivity contribution in [3.8, 4) is 0 Å². The lowest BCUT2D eigenvalue weighted by atomic mass is 10.3. The van der Waals surface area contributed by atoms with Crippen molar-refractivity contribution in [2.24, 2.45) is 0 Å². The number of imidazole rings is 1. The topological polar surface area (TPSA) is 78.0 Å². The van der Waals surface area contributed by atoms with Gasteiger partial charge in [0.1, 0.15) is 5.82 Å². The van der Waals surface area contributed by atoms with Crippen molar-refractivity contribution in [3.63, 3.8) is 0 Å². The fourth-order valence-electron chi connectivity index (χ4n) is 1.60. The van der Waals surface area contributed by atoms with Crippen molar-refractivity contribution in [3.05, 3.63) is 30.1 Å². The number of para-hydroxylation sites is 2. The first kappa shape index (κ1) is 11.6. The first-order valence-electron chi connectivity index (χ1n) is 5.61. The Bertz CT molecular complexity index is 474. The molecule has 90 valence electrons. The average Bonchev–Trinajstić information content (AvgIpc) is 2.76. The standard InChI is InChI=1S/C12H15N3O2/c16-7-3-6-12(17)13-8-11-14-9-4-1-2-5-10(9)15-11/h1-2,4-5,16H,3,6-8H2,(H,13,17)(H,14,15). The Balaban J connectivity index is 1.92. The van der Waals surface area contributed by atoms with E-state index in [2.05, 4.69) is 15.3 Å². The van der Waals surface area contributed by atoms with E-state index in [1.807, 2.05) is 24.3 Å². The van der Waals surface area contributed by atoms with Gasteiger partial charge >= 0.3 is 0 Å². The van der Waals surface area contributed by atoms with E-state index in [4.69, 9.17) is 5.11 Å². The number of aliphatic hydroxyl groups excluding tert-OH is 1. The molecular weight excluding hydrogens is 218 g/mol. The van der Waals surface area contributed by atoms with E-state index in [1.165, 1.54) is 0 Å². The molecule has 1 heterocycles. The predicted molar refractivity (Wildman–Crippen MR) is 64.3 cm³/mol. The number of nitrogens with one attached hydrogen (secondary N) is 2. The fraction of sp³-hybridized carbons (Fsp3) is 0.333. The minimum Gasteiger partial charge on any atom is -0.396 e. The molecule has 1 amide bonds. The molecule has 1 aromatic heterocycles. The number of aromatic amines is 1. The lowest BCUT2D eigenvalue weighted by Crippen LogP contribution is -2.23. The van der Waals surface area contributed by atoms with Crippen LogP contribution in [0.2, 0.25) is 0 Å². The molecule has 0 radical (unpaired) electrons. The smallest absolute Gasteiger partial charge is 0.220 e. The maximum atomic E-state index is 11.3. The number of fused-ring (bicyclic) bond motifs is 1. The number of carbonyl (C=O) groups is 1. The van der Waals surface area contributed by atoms with Crippen LogP contribution < -0.4 is 5.32 Å². The Labute approximate surface area is 98.9 Å². The molecule has 0 saturated heterocycles. The highest BCUT2D eigenvalue weighted by molar-refractivity contribution is 5.76. The summed E-state index contributed by atoms with van der Waals surface area (Å²) < 4.78 is 0. The number of hydrogen-bond acceptors (Lipinski definition) is 3. The number of H-pyrrole nitrogens is 1. The van der Waals surface area contributed by atoms with Gasteiger partial charge in [0.2, 0.25) is 5.91 Å². The fourth-order valence-corrected chi connectivity index (χ4v) is 1.60. The molecule has 5 nitrogen and oxygen atoms in total. The van der Waals surface area contributed by atoms with Crippen molar-refractivity contribution in [2.45, 2.75) is 19.4 Å². The third kappa shape index (κ3) is 3.04. The van der Waals surface area contributed by atoms with E-state index >= 15 is 0 Å². The second-order valence-electron chi connectivity index (χ2n) is 3.80. The summed E-state index contributed by atoms with van der Waals surface area (Å²) >= 11 is 0. The first-order chi connectivity index (χ1) is 8.29. The van der Waals surface area contributed by atoms with Gasteiger partial charge < -0.3 is 15.4 Å². The zero-order valence-electron chi connectivity index (χ0n) is 9.44. The molecule has 0 aliphatic rings. The Hall–Kier alpha value is -1.88. The summed E-state index contributed by atoms with van der Waals surface area (Å²) in [7, 11) is 0. The van der Waals surface area contributed by atoms with Crippen LogP contribution in [0.1, 0.15) is 18.7 Å². The van der Waals surface area contributed by atoms with Crippen LogP contribution in [0.4, 0.5) is 0 Å². The van der Waals surface area contributed by atoms with Crippen LogP contribution in [-0.4, -0.2) is 27.6 Å². The predicted octanol–water partition coefficient (Wildman–Crippen LogP) is 0.952. The van der Waals surface area contributed by atoms with Gasteiger partial charge in [-0.25, -0.2) is 4.98 Å². The quantitative estimate of drug-likeness (QED) is 0.719. The molecule has 2 rings (SSSR count). The molecule has 17 heavy (non-hydrogen) atoms. The number of hydrogen-bond donors (Lipinski definition) is 3. The number of carbonyl (C=O) groups excluding carboxylic acids is 1. The minimum absolute atomic E-state index is 0.0397. The monoisotopic (exact) mass is 233 g/mol. The third-order valence-electron chi connectivity index (χ3n) is 2.45. The van der Waals surface area contributed by atoms with E-state index in [0.717, 1.165) is 16.9 Å². The number of rotatable bonds is 5. The summed E-state index contributed by atoms with van der Waals surface area (Å²) in [6, 6.07) is 7.72. The molecule has 1 aromatic carbocycles. The van der Waals surface area contributed by atoms with Crippen molar-refractivity contribution in [1.82, 2.24) is 15.3 Å². The molecule has 5 heteroatoms. The second kappa shape index (κ2) is 5.45. The van der Waals surface area contributed by atoms with Crippen molar-refractivity contribution >= 4 is 16.9 Å². The average molecular weight is 233 g/mol. The summed E-state index contributed by atoms with van der Waals surface area (Å²) in [4.78, 5) is 18.8. The van der Waals surface area contributed by atoms with Gasteiger partial charge in [-0.2, -0.15) is 0 Å². The molecule has 0 saturated carbocycles. The van der Waals surface area contributed by atoms with Gasteiger partial charge in [-0.3, -0.25) is 4.79 Å². The van der Waals surface area contributed by atoms with E-state index < -0.39 is 0 Å². The highest BCUT2D eigenvalue weighted by atomic mass is 16.3. The van der Waals surface area contributed by atoms with Gasteiger partial charge in [-0.15, -0.1) is 0 Å². The van der Waals surface area contributed by atoms with Crippen molar-refractivity contribution in [1.29, 1.82) is 0 Å². The molecule has 0 bridgehead atoms. The molecular formula is C12H15N3O2. The van der Waals surface area contributed by atoms with Crippen LogP contribution in [0.25, 0.3) is 11.0 Å². The number of aromatic nitrogens is 2. The van der Waals surface area contributed by atoms with Crippen LogP contribution in [0.5, 0.6) is 0 Å². The van der Waals surface area contributed by atoms with Gasteiger partial charge in [0.25, 0.3) is 0 Å². The molecule has 0 atom stereocenters. The van der Waals surface area contributed by atoms with Crippen LogP contribution >= 0.6 is 0 Å². The number of aliphatic hydroxyl groups is 1. The maximum Gasteiger partial charge on any atom is 0.220 e. The highest BCUT2D eigenvalue weighted by Crippen LogP contribution is 2.09. The van der Waals surface area contributed by atoms with Gasteiger partial charge in [0, 0.05) is 13.0 Å². The van der Waals surface area contributed by atoms with Crippen molar-refractivity contribution < 1.29 is 9.90 Å². The summed E-state index contributed by atoms with van der Waals surface area (Å²) in [6.45, 7) is 0.428. The van der Waals surface area contributed by atoms with Crippen LogP contribution in [-0.2, 0) is 11.3 Å². The highest BCUT2D eigenvalue weighted by Gasteiger charge is 2.04. The SMILES string of the molecule is O=C(CCCO)NCc1nc2ccccc2[nH]1. The Morgan fingerprint density at radius 1 is 1.41 bits per heavy atom. The lowest BCUT2D eigenvalue weighted by molar-refractivity contribution is -0.121. The molecule has 0 aliphatic carbocycles. The molecule has 0 spiro atoms. The Kier molecular flexibility index (Phi) is 3.72. The van der Waals surface area contributed by atoms with Crippen molar-refractivity contribution in [2.75, 3.05) is 6.61 Å². The molecule has 3 N–H and O–H groups in total. The number of amides is 1. The Morgan fingerprint density at radius 3 is 3.00 bits per heavy atom. The number of benzene rings is 1. The zero-order valence-corrected chi connectivity index (χ0v) is 9.44. The summed E-state index contributed by atoms with van der Waals surface area (Å²) in [5.74, 6) is 0.669. The largest absolute Gasteiger partial charge is 0.396 e. The van der Waals surface area contributed by atoms with Gasteiger partial charge in [0.05, 0.1) is 17.6 Å². The van der Waals surface area contributed by atoms with Crippen LogP contribution in [0, 0.1) is 0 Å². The van der Waals surface area contributed by atoms with Gasteiger partial charge in [-0.05, 0) is 18.6 Å². The van der Waals surface area contributed by atoms with E-state index in [9.17, 15) is 4.79 Å². The first-order valence-corrected chi connectivity index (χ1v) is 5.61. The summed E-state index contributed by atoms with van der Waals surface area (Å²) in [5.41, 5.74) is 1.86. The second-order valence-corrected chi connectivity index (χ2v) is 3.80. The van der Waals surface area contributed by atoms with E-state index in [-0.39, 0.29) is 12.5 Å². The molecule has 0 unspecified atom stereocenters. The minimum atomic E-state index is -0.0699. The summed E-state index contributed by atoms with van der Waals surface area (Å²) in [6.07, 6.45) is 0.836. The number of nitrogens with zero attached hydrogens (tertiary/aromatic N) is 1. The van der Waals surface area contributed by atoms with Crippen LogP contribution in [0.15, 0.2) is 24.3 Å². The normalized spacial score (nSPS) is 10.6. The van der Waals surface area contributed by atoms with Gasteiger partial charge in [0.15, 0.2) is 0 Å². The third-order valence-corrected chi connectivity index (χ3v) is 2.45. The maximum absolute atomic E-state index is 11.3. The zero-order chi connectivity index (χ0) is 12.1. The Morgan fingerprint density at radius 2 is 2.24 bits per heavy atom. The molecule has 0 fully saturated rings. The lowest BCUT2D eigenvalue weighted by Gasteiger charge is -2.01. The molecule has 2 aromatic rings. The van der Waals surface area contributed by atoms with E-state index in [0.29, 0.717) is 19.4 Å². The molecule has 0 aliphatic heterocycles.